The van der Waals surface area contributed by atoms with Gasteiger partial charge < -0.3 is 0 Å². The van der Waals surface area contributed by atoms with Gasteiger partial charge in [-0.15, -0.1) is 0 Å². The third kappa shape index (κ3) is 3.40. The van der Waals surface area contributed by atoms with E-state index in [9.17, 15) is 9.18 Å². The highest BCUT2D eigenvalue weighted by Gasteiger charge is 2.09. The van der Waals surface area contributed by atoms with Crippen LogP contribution in [0.25, 0.3) is 6.08 Å². The minimum absolute atomic E-state index is 0.153. The number of ketones is 1. The molecule has 0 radical (unpaired) electrons. The van der Waals surface area contributed by atoms with Crippen LogP contribution in [0.15, 0.2) is 42.5 Å². The number of benzene rings is 2. The largest absolute Gasteiger partial charge is 0.289 e. The molecule has 5 heteroatoms. The van der Waals surface area contributed by atoms with Gasteiger partial charge in [-0.05, 0) is 42.5 Å². The molecule has 2 aromatic rings. The fourth-order valence-electron chi connectivity index (χ4n) is 1.61. The van der Waals surface area contributed by atoms with Crippen molar-refractivity contribution in [3.05, 3.63) is 74.5 Å². The van der Waals surface area contributed by atoms with E-state index >= 15 is 0 Å². The van der Waals surface area contributed by atoms with Crippen molar-refractivity contribution in [2.45, 2.75) is 0 Å². The van der Waals surface area contributed by atoms with Crippen molar-refractivity contribution in [3.63, 3.8) is 0 Å². The quantitative estimate of drug-likeness (QED) is 0.523. The summed E-state index contributed by atoms with van der Waals surface area (Å²) in [4.78, 5) is 12.0. The van der Waals surface area contributed by atoms with Crippen LogP contribution in [0.3, 0.4) is 0 Å². The average molecular weight is 330 g/mol. The fraction of sp³-hybridized carbons (Fsp3) is 0. The van der Waals surface area contributed by atoms with E-state index in [2.05, 4.69) is 0 Å². The maximum atomic E-state index is 13.6. The number of halogens is 4. The second-order valence-electron chi connectivity index (χ2n) is 3.96. The Hall–Kier alpha value is -1.35. The second kappa shape index (κ2) is 6.40. The molecule has 0 N–H and O–H groups in total. The molecule has 0 aromatic heterocycles. The van der Waals surface area contributed by atoms with Crippen molar-refractivity contribution in [1.82, 2.24) is 0 Å². The van der Waals surface area contributed by atoms with Crippen LogP contribution >= 0.6 is 34.8 Å². The van der Waals surface area contributed by atoms with E-state index in [1.807, 2.05) is 0 Å². The zero-order valence-corrected chi connectivity index (χ0v) is 12.3. The Morgan fingerprint density at radius 3 is 2.50 bits per heavy atom. The molecule has 1 nitrogen and oxygen atoms in total. The standard InChI is InChI=1S/C15H8Cl3FO/c16-9-4-6-13(18)11(8-9)15(20)7-5-10-12(17)2-1-3-14(10)19/h1-8H/b7-5+. The van der Waals surface area contributed by atoms with Crippen LogP contribution in [0.2, 0.25) is 15.1 Å². The first-order valence-corrected chi connectivity index (χ1v) is 6.74. The summed E-state index contributed by atoms with van der Waals surface area (Å²) in [7, 11) is 0. The van der Waals surface area contributed by atoms with Gasteiger partial charge in [-0.25, -0.2) is 4.39 Å². The van der Waals surface area contributed by atoms with E-state index in [4.69, 9.17) is 34.8 Å². The van der Waals surface area contributed by atoms with Gasteiger partial charge in [0.25, 0.3) is 0 Å². The predicted octanol–water partition coefficient (Wildman–Crippen LogP) is 5.68. The molecule has 0 aliphatic carbocycles. The molecular formula is C15H8Cl3FO. The predicted molar refractivity (Wildman–Crippen MR) is 81.2 cm³/mol. The Morgan fingerprint density at radius 1 is 1.05 bits per heavy atom. The number of hydrogen-bond donors (Lipinski definition) is 0. The van der Waals surface area contributed by atoms with Crippen LogP contribution in [0.1, 0.15) is 15.9 Å². The second-order valence-corrected chi connectivity index (χ2v) is 5.21. The summed E-state index contributed by atoms with van der Waals surface area (Å²) in [5.41, 5.74) is 0.406. The van der Waals surface area contributed by atoms with E-state index in [1.165, 1.54) is 36.4 Å². The van der Waals surface area contributed by atoms with Crippen molar-refractivity contribution >= 4 is 46.7 Å². The Morgan fingerprint density at radius 2 is 1.80 bits per heavy atom. The van der Waals surface area contributed by atoms with E-state index in [0.717, 1.165) is 0 Å². The number of carbonyl (C=O) groups is 1. The lowest BCUT2D eigenvalue weighted by Gasteiger charge is -2.02. The minimum Gasteiger partial charge on any atom is -0.289 e. The summed E-state index contributed by atoms with van der Waals surface area (Å²) in [6.45, 7) is 0. The molecular weight excluding hydrogens is 322 g/mol. The Balaban J connectivity index is 2.32. The first-order chi connectivity index (χ1) is 9.49. The molecule has 2 aromatic carbocycles. The summed E-state index contributed by atoms with van der Waals surface area (Å²) in [6, 6.07) is 8.87. The highest BCUT2D eigenvalue weighted by molar-refractivity contribution is 6.36. The lowest BCUT2D eigenvalue weighted by molar-refractivity contribution is 0.104. The molecule has 0 aliphatic heterocycles. The molecule has 0 heterocycles. The van der Waals surface area contributed by atoms with Crippen LogP contribution in [0.5, 0.6) is 0 Å². The fourth-order valence-corrected chi connectivity index (χ4v) is 2.21. The summed E-state index contributed by atoms with van der Waals surface area (Å²) in [6.07, 6.45) is 2.53. The molecule has 0 saturated carbocycles. The number of rotatable bonds is 3. The van der Waals surface area contributed by atoms with Gasteiger partial charge in [-0.1, -0.05) is 40.9 Å². The zero-order valence-electron chi connectivity index (χ0n) is 10.0. The van der Waals surface area contributed by atoms with Crippen LogP contribution in [-0.2, 0) is 0 Å². The van der Waals surface area contributed by atoms with Gasteiger partial charge in [-0.2, -0.15) is 0 Å². The van der Waals surface area contributed by atoms with Gasteiger partial charge in [0.1, 0.15) is 5.82 Å². The third-order valence-corrected chi connectivity index (χ3v) is 3.49. The van der Waals surface area contributed by atoms with Crippen molar-refractivity contribution in [3.8, 4) is 0 Å². The van der Waals surface area contributed by atoms with Crippen LogP contribution in [-0.4, -0.2) is 5.78 Å². The van der Waals surface area contributed by atoms with E-state index < -0.39 is 5.82 Å². The number of allylic oxidation sites excluding steroid dienone is 1. The lowest BCUT2D eigenvalue weighted by atomic mass is 10.1. The van der Waals surface area contributed by atoms with Crippen LogP contribution < -0.4 is 0 Å². The third-order valence-electron chi connectivity index (χ3n) is 2.59. The molecule has 2 rings (SSSR count). The molecule has 20 heavy (non-hydrogen) atoms. The highest BCUT2D eigenvalue weighted by atomic mass is 35.5. The maximum absolute atomic E-state index is 13.6. The van der Waals surface area contributed by atoms with Gasteiger partial charge in [0.2, 0.25) is 0 Å². The number of hydrogen-bond acceptors (Lipinski definition) is 1. The Bertz CT molecular complexity index is 675. The summed E-state index contributed by atoms with van der Waals surface area (Å²) >= 11 is 17.6. The van der Waals surface area contributed by atoms with Crippen molar-refractivity contribution in [1.29, 1.82) is 0 Å². The highest BCUT2D eigenvalue weighted by Crippen LogP contribution is 2.23. The van der Waals surface area contributed by atoms with Crippen LogP contribution in [0, 0.1) is 5.82 Å². The molecule has 0 aliphatic rings. The first-order valence-electron chi connectivity index (χ1n) is 5.60. The van der Waals surface area contributed by atoms with Crippen LogP contribution in [0.4, 0.5) is 4.39 Å². The molecule has 0 saturated heterocycles. The molecule has 0 bridgehead atoms. The maximum Gasteiger partial charge on any atom is 0.187 e. The molecule has 0 fully saturated rings. The van der Waals surface area contributed by atoms with Gasteiger partial charge >= 0.3 is 0 Å². The van der Waals surface area contributed by atoms with Gasteiger partial charge in [0, 0.05) is 16.1 Å². The lowest BCUT2D eigenvalue weighted by Crippen LogP contribution is -1.96. The molecule has 0 amide bonds. The molecule has 102 valence electrons. The summed E-state index contributed by atoms with van der Waals surface area (Å²) < 4.78 is 13.6. The van der Waals surface area contributed by atoms with E-state index in [1.54, 1.807) is 12.1 Å². The zero-order chi connectivity index (χ0) is 14.7. The summed E-state index contributed by atoms with van der Waals surface area (Å²) in [5.74, 6) is -0.879. The molecule has 0 atom stereocenters. The van der Waals surface area contributed by atoms with Crippen molar-refractivity contribution < 1.29 is 9.18 Å². The number of carbonyl (C=O) groups excluding carboxylic acids is 1. The Labute approximate surface area is 130 Å². The average Bonchev–Trinajstić information content (AvgIpc) is 2.40. The summed E-state index contributed by atoms with van der Waals surface area (Å²) in [5, 5.41) is 0.907. The van der Waals surface area contributed by atoms with Crippen molar-refractivity contribution in [2.75, 3.05) is 0 Å². The minimum atomic E-state index is -0.501. The molecule has 0 spiro atoms. The Kier molecular flexibility index (Phi) is 4.81. The van der Waals surface area contributed by atoms with E-state index in [0.29, 0.717) is 5.02 Å². The first kappa shape index (κ1) is 15.0. The topological polar surface area (TPSA) is 17.1 Å². The smallest absolute Gasteiger partial charge is 0.187 e. The van der Waals surface area contributed by atoms with Gasteiger partial charge in [0.05, 0.1) is 10.0 Å². The van der Waals surface area contributed by atoms with Crippen molar-refractivity contribution in [2.24, 2.45) is 0 Å². The van der Waals surface area contributed by atoms with E-state index in [-0.39, 0.29) is 27.0 Å². The normalized spacial score (nSPS) is 11.0. The molecule has 0 unspecified atom stereocenters. The monoisotopic (exact) mass is 328 g/mol. The van der Waals surface area contributed by atoms with Gasteiger partial charge in [-0.3, -0.25) is 4.79 Å². The SMILES string of the molecule is O=C(/C=C/c1c(F)cccc1Cl)c1cc(Cl)ccc1Cl. The van der Waals surface area contributed by atoms with Gasteiger partial charge in [0.15, 0.2) is 5.78 Å².